The van der Waals surface area contributed by atoms with Gasteiger partial charge >= 0.3 is 0 Å². The van der Waals surface area contributed by atoms with Crippen LogP contribution < -0.4 is 0 Å². The van der Waals surface area contributed by atoms with Gasteiger partial charge in [0.1, 0.15) is 5.69 Å². The second-order valence-corrected chi connectivity index (χ2v) is 4.58. The van der Waals surface area contributed by atoms with Gasteiger partial charge in [0.2, 0.25) is 0 Å². The fraction of sp³-hybridized carbons (Fsp3) is 0.0625. The van der Waals surface area contributed by atoms with Crippen molar-refractivity contribution in [1.29, 1.82) is 5.26 Å². The molecule has 0 aliphatic heterocycles. The highest BCUT2D eigenvalue weighted by Gasteiger charge is 2.05. The predicted octanol–water partition coefficient (Wildman–Crippen LogP) is 3.11. The van der Waals surface area contributed by atoms with Crippen LogP contribution in [0.25, 0.3) is 16.9 Å². The van der Waals surface area contributed by atoms with Crippen LogP contribution in [0.3, 0.4) is 0 Å². The van der Waals surface area contributed by atoms with E-state index in [1.165, 1.54) is 5.56 Å². The first-order chi connectivity index (χ1) is 9.76. The van der Waals surface area contributed by atoms with Crippen molar-refractivity contribution < 1.29 is 0 Å². The molecule has 0 amide bonds. The normalized spacial score (nSPS) is 10.2. The Morgan fingerprint density at radius 2 is 1.90 bits per heavy atom. The van der Waals surface area contributed by atoms with E-state index in [0.29, 0.717) is 5.56 Å². The summed E-state index contributed by atoms with van der Waals surface area (Å²) < 4.78 is 1.68. The Balaban J connectivity index is 1.97. The highest BCUT2D eigenvalue weighted by atomic mass is 15.4. The topological polar surface area (TPSA) is 54.5 Å². The summed E-state index contributed by atoms with van der Waals surface area (Å²) in [6, 6.07) is 17.5. The third-order valence-electron chi connectivity index (χ3n) is 3.08. The Labute approximate surface area is 116 Å². The van der Waals surface area contributed by atoms with E-state index in [4.69, 9.17) is 5.26 Å². The van der Waals surface area contributed by atoms with Gasteiger partial charge in [-0.15, -0.1) is 5.10 Å². The van der Waals surface area contributed by atoms with Gasteiger partial charge in [0.25, 0.3) is 0 Å². The zero-order valence-corrected chi connectivity index (χ0v) is 11.0. The molecule has 96 valence electrons. The molecule has 0 aliphatic carbocycles. The number of hydrogen-bond acceptors (Lipinski definition) is 3. The molecule has 0 N–H and O–H groups in total. The predicted molar refractivity (Wildman–Crippen MR) is 76.2 cm³/mol. The van der Waals surface area contributed by atoms with E-state index in [9.17, 15) is 0 Å². The highest BCUT2D eigenvalue weighted by molar-refractivity contribution is 5.58. The standard InChI is InChI=1S/C16H12N4/c1-12-5-7-14(8-6-12)16-11-20(19-18-16)15-4-2-3-13(9-15)10-17/h2-9,11H,1H3. The highest BCUT2D eigenvalue weighted by Crippen LogP contribution is 2.18. The lowest BCUT2D eigenvalue weighted by Crippen LogP contribution is -1.94. The van der Waals surface area contributed by atoms with Gasteiger partial charge in [-0.2, -0.15) is 5.26 Å². The van der Waals surface area contributed by atoms with Gasteiger partial charge in [-0.05, 0) is 25.1 Å². The third kappa shape index (κ3) is 2.29. The fourth-order valence-electron chi connectivity index (χ4n) is 1.96. The molecule has 0 saturated heterocycles. The van der Waals surface area contributed by atoms with Crippen molar-refractivity contribution in [3.8, 4) is 23.0 Å². The molecule has 4 nitrogen and oxygen atoms in total. The Kier molecular flexibility index (Phi) is 3.02. The molecule has 0 saturated carbocycles. The maximum absolute atomic E-state index is 8.92. The maximum atomic E-state index is 8.92. The van der Waals surface area contributed by atoms with Crippen LogP contribution in [0.5, 0.6) is 0 Å². The zero-order chi connectivity index (χ0) is 13.9. The third-order valence-corrected chi connectivity index (χ3v) is 3.08. The molecule has 1 heterocycles. The van der Waals surface area contributed by atoms with Gasteiger partial charge in [0.05, 0.1) is 23.5 Å². The van der Waals surface area contributed by atoms with Crippen molar-refractivity contribution in [2.45, 2.75) is 6.92 Å². The summed E-state index contributed by atoms with van der Waals surface area (Å²) in [5.74, 6) is 0. The van der Waals surface area contributed by atoms with Crippen LogP contribution in [0.2, 0.25) is 0 Å². The number of aromatic nitrogens is 3. The van der Waals surface area contributed by atoms with E-state index in [0.717, 1.165) is 16.9 Å². The quantitative estimate of drug-likeness (QED) is 0.711. The summed E-state index contributed by atoms with van der Waals surface area (Å²) in [5, 5.41) is 17.2. The average molecular weight is 260 g/mol. The van der Waals surface area contributed by atoms with E-state index in [1.807, 2.05) is 49.5 Å². The molecular formula is C16H12N4. The van der Waals surface area contributed by atoms with Crippen LogP contribution in [0.1, 0.15) is 11.1 Å². The molecule has 0 radical (unpaired) electrons. The molecule has 0 aliphatic rings. The van der Waals surface area contributed by atoms with Crippen molar-refractivity contribution in [3.63, 3.8) is 0 Å². The van der Waals surface area contributed by atoms with Gasteiger partial charge in [-0.1, -0.05) is 41.1 Å². The molecule has 20 heavy (non-hydrogen) atoms. The maximum Gasteiger partial charge on any atom is 0.113 e. The van der Waals surface area contributed by atoms with E-state index in [-0.39, 0.29) is 0 Å². The molecule has 0 bridgehead atoms. The Hall–Kier alpha value is -2.93. The number of aryl methyl sites for hydroxylation is 1. The largest absolute Gasteiger partial charge is 0.220 e. The van der Waals surface area contributed by atoms with Crippen LogP contribution in [-0.2, 0) is 0 Å². The van der Waals surface area contributed by atoms with Gasteiger partial charge < -0.3 is 0 Å². The minimum atomic E-state index is 0.606. The summed E-state index contributed by atoms with van der Waals surface area (Å²) in [5.41, 5.74) is 4.48. The van der Waals surface area contributed by atoms with Gasteiger partial charge in [0, 0.05) is 5.56 Å². The molecular weight excluding hydrogens is 248 g/mol. The Morgan fingerprint density at radius 1 is 1.10 bits per heavy atom. The molecule has 0 spiro atoms. The van der Waals surface area contributed by atoms with Gasteiger partial charge in [-0.25, -0.2) is 4.68 Å². The molecule has 3 aromatic rings. The number of nitrogens with zero attached hydrogens (tertiary/aromatic N) is 4. The van der Waals surface area contributed by atoms with Gasteiger partial charge in [-0.3, -0.25) is 0 Å². The van der Waals surface area contributed by atoms with Crippen LogP contribution in [0, 0.1) is 18.3 Å². The fourth-order valence-corrected chi connectivity index (χ4v) is 1.96. The van der Waals surface area contributed by atoms with Gasteiger partial charge in [0.15, 0.2) is 0 Å². The lowest BCUT2D eigenvalue weighted by Gasteiger charge is -1.99. The molecule has 0 atom stereocenters. The van der Waals surface area contributed by atoms with E-state index in [1.54, 1.807) is 16.8 Å². The number of rotatable bonds is 2. The summed E-state index contributed by atoms with van der Waals surface area (Å²) in [4.78, 5) is 0. The number of nitriles is 1. The summed E-state index contributed by atoms with van der Waals surface area (Å²) >= 11 is 0. The van der Waals surface area contributed by atoms with Crippen LogP contribution in [0.4, 0.5) is 0 Å². The van der Waals surface area contributed by atoms with Crippen LogP contribution in [0.15, 0.2) is 54.7 Å². The Morgan fingerprint density at radius 3 is 2.65 bits per heavy atom. The molecule has 0 fully saturated rings. The Bertz CT molecular complexity index is 779. The second-order valence-electron chi connectivity index (χ2n) is 4.58. The van der Waals surface area contributed by atoms with Crippen molar-refractivity contribution in [2.24, 2.45) is 0 Å². The smallest absolute Gasteiger partial charge is 0.113 e. The minimum absolute atomic E-state index is 0.606. The first-order valence-corrected chi connectivity index (χ1v) is 6.26. The summed E-state index contributed by atoms with van der Waals surface area (Å²) in [6.07, 6.45) is 1.86. The molecule has 1 aromatic heterocycles. The minimum Gasteiger partial charge on any atom is -0.220 e. The SMILES string of the molecule is Cc1ccc(-c2cn(-c3cccc(C#N)c3)nn2)cc1. The van der Waals surface area contributed by atoms with Crippen LogP contribution in [-0.4, -0.2) is 15.0 Å². The monoisotopic (exact) mass is 260 g/mol. The van der Waals surface area contributed by atoms with E-state index < -0.39 is 0 Å². The van der Waals surface area contributed by atoms with Crippen molar-refractivity contribution in [3.05, 3.63) is 65.9 Å². The first kappa shape index (κ1) is 12.1. The van der Waals surface area contributed by atoms with Crippen molar-refractivity contribution in [1.82, 2.24) is 15.0 Å². The van der Waals surface area contributed by atoms with Crippen LogP contribution >= 0.6 is 0 Å². The lowest BCUT2D eigenvalue weighted by atomic mass is 10.1. The molecule has 0 unspecified atom stereocenters. The number of hydrogen-bond donors (Lipinski definition) is 0. The average Bonchev–Trinajstić information content (AvgIpc) is 2.98. The summed E-state index contributed by atoms with van der Waals surface area (Å²) in [7, 11) is 0. The summed E-state index contributed by atoms with van der Waals surface area (Å²) in [6.45, 7) is 2.05. The second kappa shape index (κ2) is 4.98. The molecule has 3 rings (SSSR count). The molecule has 2 aromatic carbocycles. The van der Waals surface area contributed by atoms with E-state index >= 15 is 0 Å². The number of benzene rings is 2. The molecule has 4 heteroatoms. The van der Waals surface area contributed by atoms with Crippen molar-refractivity contribution >= 4 is 0 Å². The zero-order valence-electron chi connectivity index (χ0n) is 11.0. The lowest BCUT2D eigenvalue weighted by molar-refractivity contribution is 0.803. The van der Waals surface area contributed by atoms with Crippen molar-refractivity contribution in [2.75, 3.05) is 0 Å². The first-order valence-electron chi connectivity index (χ1n) is 6.26. The van der Waals surface area contributed by atoms with E-state index in [2.05, 4.69) is 16.4 Å².